The standard InChI is InChI=1S/C19H24N6S/c1-20-19(26)23-18-21-16(24-9-5-2-6-10-24)11-17(22-18)25-12-14-7-3-4-8-15(14)13-25/h3-4,7-8,11H,2,5-6,9-10,12-13H2,1H3,(H2,20,21,22,23,26). The van der Waals surface area contributed by atoms with Gasteiger partial charge in [0.2, 0.25) is 5.95 Å². The lowest BCUT2D eigenvalue weighted by Crippen LogP contribution is -2.31. The van der Waals surface area contributed by atoms with E-state index in [4.69, 9.17) is 22.2 Å². The van der Waals surface area contributed by atoms with Crippen LogP contribution in [-0.4, -0.2) is 35.2 Å². The zero-order valence-electron chi connectivity index (χ0n) is 15.0. The molecule has 1 aromatic heterocycles. The van der Waals surface area contributed by atoms with Crippen LogP contribution in [0.15, 0.2) is 30.3 Å². The average Bonchev–Trinajstić information content (AvgIpc) is 3.12. The second-order valence-electron chi connectivity index (χ2n) is 6.78. The lowest BCUT2D eigenvalue weighted by Gasteiger charge is -2.29. The van der Waals surface area contributed by atoms with Crippen LogP contribution in [-0.2, 0) is 13.1 Å². The number of fused-ring (bicyclic) bond motifs is 1. The van der Waals surface area contributed by atoms with Crippen LogP contribution in [0, 0.1) is 0 Å². The third-order valence-corrected chi connectivity index (χ3v) is 5.30. The van der Waals surface area contributed by atoms with Crippen LogP contribution in [0.25, 0.3) is 0 Å². The molecule has 2 aliphatic heterocycles. The summed E-state index contributed by atoms with van der Waals surface area (Å²) in [5, 5.41) is 6.55. The number of benzene rings is 1. The molecule has 2 aliphatic rings. The highest BCUT2D eigenvalue weighted by Gasteiger charge is 2.22. The van der Waals surface area contributed by atoms with Crippen molar-refractivity contribution in [3.8, 4) is 0 Å². The highest BCUT2D eigenvalue weighted by Crippen LogP contribution is 2.30. The Balaban J connectivity index is 1.64. The predicted octanol–water partition coefficient (Wildman–Crippen LogP) is 2.90. The van der Waals surface area contributed by atoms with Crippen molar-refractivity contribution in [2.75, 3.05) is 35.3 Å². The number of anilines is 3. The number of thiocarbonyl (C=S) groups is 1. The molecule has 0 unspecified atom stereocenters. The number of aromatic nitrogens is 2. The van der Waals surface area contributed by atoms with Gasteiger partial charge in [0.25, 0.3) is 0 Å². The van der Waals surface area contributed by atoms with E-state index in [0.717, 1.165) is 37.8 Å². The number of nitrogens with zero attached hydrogens (tertiary/aromatic N) is 4. The van der Waals surface area contributed by atoms with Crippen molar-refractivity contribution < 1.29 is 0 Å². The second kappa shape index (κ2) is 7.45. The fourth-order valence-electron chi connectivity index (χ4n) is 3.58. The summed E-state index contributed by atoms with van der Waals surface area (Å²) in [7, 11) is 1.79. The number of hydrogen-bond acceptors (Lipinski definition) is 5. The van der Waals surface area contributed by atoms with Gasteiger partial charge in [-0.3, -0.25) is 0 Å². The van der Waals surface area contributed by atoms with E-state index in [0.29, 0.717) is 11.1 Å². The van der Waals surface area contributed by atoms with E-state index in [-0.39, 0.29) is 0 Å². The van der Waals surface area contributed by atoms with Gasteiger partial charge >= 0.3 is 0 Å². The van der Waals surface area contributed by atoms with Gasteiger partial charge in [0.05, 0.1) is 0 Å². The number of rotatable bonds is 3. The molecule has 0 bridgehead atoms. The summed E-state index contributed by atoms with van der Waals surface area (Å²) in [6.07, 6.45) is 3.73. The number of nitrogens with one attached hydrogen (secondary N) is 2. The molecule has 0 amide bonds. The maximum Gasteiger partial charge on any atom is 0.232 e. The molecule has 1 fully saturated rings. The monoisotopic (exact) mass is 368 g/mol. The van der Waals surface area contributed by atoms with Crippen molar-refractivity contribution in [1.82, 2.24) is 15.3 Å². The first kappa shape index (κ1) is 17.0. The Labute approximate surface area is 159 Å². The largest absolute Gasteiger partial charge is 0.365 e. The minimum Gasteiger partial charge on any atom is -0.365 e. The Bertz CT molecular complexity index is 777. The van der Waals surface area contributed by atoms with Gasteiger partial charge in [0.1, 0.15) is 11.6 Å². The van der Waals surface area contributed by atoms with Crippen molar-refractivity contribution in [2.45, 2.75) is 32.4 Å². The van der Waals surface area contributed by atoms with Crippen LogP contribution in [0.5, 0.6) is 0 Å². The molecular weight excluding hydrogens is 344 g/mol. The zero-order chi connectivity index (χ0) is 17.9. The van der Waals surface area contributed by atoms with Gasteiger partial charge in [-0.2, -0.15) is 9.97 Å². The van der Waals surface area contributed by atoms with Crippen LogP contribution in [0.3, 0.4) is 0 Å². The van der Waals surface area contributed by atoms with Crippen LogP contribution < -0.4 is 20.4 Å². The summed E-state index contributed by atoms with van der Waals surface area (Å²) >= 11 is 5.24. The van der Waals surface area contributed by atoms with Gasteiger partial charge in [-0.15, -0.1) is 0 Å². The fourth-order valence-corrected chi connectivity index (χ4v) is 3.68. The SMILES string of the molecule is CNC(=S)Nc1nc(N2CCCCC2)cc(N2Cc3ccccc3C2)n1. The fraction of sp³-hybridized carbons (Fsp3) is 0.421. The maximum atomic E-state index is 5.24. The van der Waals surface area contributed by atoms with Gasteiger partial charge in [0.15, 0.2) is 5.11 Å². The van der Waals surface area contributed by atoms with Gasteiger partial charge in [-0.25, -0.2) is 0 Å². The van der Waals surface area contributed by atoms with Crippen LogP contribution in [0.4, 0.5) is 17.6 Å². The lowest BCUT2D eigenvalue weighted by atomic mass is 10.1. The van der Waals surface area contributed by atoms with E-state index in [1.165, 1.54) is 30.4 Å². The van der Waals surface area contributed by atoms with Crippen molar-refractivity contribution in [2.24, 2.45) is 0 Å². The Morgan fingerprint density at radius 2 is 1.58 bits per heavy atom. The molecular formula is C19H24N6S. The average molecular weight is 369 g/mol. The third-order valence-electron chi connectivity index (χ3n) is 5.00. The third kappa shape index (κ3) is 3.58. The first-order valence-corrected chi connectivity index (χ1v) is 9.58. The molecule has 0 spiro atoms. The zero-order valence-corrected chi connectivity index (χ0v) is 15.9. The summed E-state index contributed by atoms with van der Waals surface area (Å²) in [6, 6.07) is 10.7. The van der Waals surface area contributed by atoms with E-state index < -0.39 is 0 Å². The number of piperidine rings is 1. The number of hydrogen-bond donors (Lipinski definition) is 2. The molecule has 2 aromatic rings. The van der Waals surface area contributed by atoms with Gasteiger partial charge < -0.3 is 20.4 Å². The molecule has 2 N–H and O–H groups in total. The van der Waals surface area contributed by atoms with E-state index in [9.17, 15) is 0 Å². The normalized spacial score (nSPS) is 16.3. The molecule has 26 heavy (non-hydrogen) atoms. The molecule has 0 atom stereocenters. The molecule has 1 saturated heterocycles. The van der Waals surface area contributed by atoms with Crippen LogP contribution >= 0.6 is 12.2 Å². The van der Waals surface area contributed by atoms with Gasteiger partial charge in [-0.05, 0) is 42.6 Å². The summed E-state index contributed by atoms with van der Waals surface area (Å²) in [5.41, 5.74) is 2.73. The van der Waals surface area contributed by atoms with Crippen molar-refractivity contribution in [3.05, 3.63) is 41.5 Å². The summed E-state index contributed by atoms with van der Waals surface area (Å²) in [4.78, 5) is 14.1. The molecule has 0 radical (unpaired) electrons. The second-order valence-corrected chi connectivity index (χ2v) is 7.19. The molecule has 4 rings (SSSR count). The smallest absolute Gasteiger partial charge is 0.232 e. The van der Waals surface area contributed by atoms with Crippen molar-refractivity contribution in [1.29, 1.82) is 0 Å². The maximum absolute atomic E-state index is 5.24. The summed E-state index contributed by atoms with van der Waals surface area (Å²) in [6.45, 7) is 3.85. The quantitative estimate of drug-likeness (QED) is 0.808. The molecule has 0 aliphatic carbocycles. The minimum absolute atomic E-state index is 0.524. The molecule has 0 saturated carbocycles. The van der Waals surface area contributed by atoms with Gasteiger partial charge in [-0.1, -0.05) is 24.3 Å². The van der Waals surface area contributed by atoms with E-state index >= 15 is 0 Å². The Morgan fingerprint density at radius 3 is 2.19 bits per heavy atom. The molecule has 1 aromatic carbocycles. The summed E-state index contributed by atoms with van der Waals surface area (Å²) < 4.78 is 0. The molecule has 136 valence electrons. The summed E-state index contributed by atoms with van der Waals surface area (Å²) in [5.74, 6) is 2.48. The Morgan fingerprint density at radius 1 is 0.962 bits per heavy atom. The first-order chi connectivity index (χ1) is 12.7. The molecule has 6 nitrogen and oxygen atoms in total. The first-order valence-electron chi connectivity index (χ1n) is 9.17. The topological polar surface area (TPSA) is 56.3 Å². The van der Waals surface area contributed by atoms with Crippen LogP contribution in [0.2, 0.25) is 0 Å². The van der Waals surface area contributed by atoms with Crippen LogP contribution in [0.1, 0.15) is 30.4 Å². The molecule has 7 heteroatoms. The lowest BCUT2D eigenvalue weighted by molar-refractivity contribution is 0.573. The van der Waals surface area contributed by atoms with E-state index in [1.54, 1.807) is 7.05 Å². The van der Waals surface area contributed by atoms with E-state index in [2.05, 4.69) is 50.8 Å². The predicted molar refractivity (Wildman–Crippen MR) is 110 cm³/mol. The Hall–Kier alpha value is -2.41. The van der Waals surface area contributed by atoms with Crippen molar-refractivity contribution in [3.63, 3.8) is 0 Å². The molecule has 3 heterocycles. The highest BCUT2D eigenvalue weighted by atomic mass is 32.1. The van der Waals surface area contributed by atoms with E-state index in [1.807, 2.05) is 0 Å². The highest BCUT2D eigenvalue weighted by molar-refractivity contribution is 7.80. The Kier molecular flexibility index (Phi) is 4.88. The van der Waals surface area contributed by atoms with Crippen molar-refractivity contribution >= 4 is 34.9 Å². The van der Waals surface area contributed by atoms with Gasteiger partial charge in [0, 0.05) is 39.3 Å². The minimum atomic E-state index is 0.524.